The first-order valence-electron chi connectivity index (χ1n) is 8.09. The average molecular weight is 340 g/mol. The molecule has 0 saturated carbocycles. The van der Waals surface area contributed by atoms with Gasteiger partial charge < -0.3 is 4.90 Å². The van der Waals surface area contributed by atoms with Crippen LogP contribution in [0.2, 0.25) is 0 Å². The van der Waals surface area contributed by atoms with Crippen LogP contribution < -0.4 is 4.90 Å². The Morgan fingerprint density at radius 3 is 2.88 bits per heavy atom. The first kappa shape index (κ1) is 16.6. The molecule has 0 bridgehead atoms. The fourth-order valence-electron chi connectivity index (χ4n) is 3.04. The standard InChI is InChI=1S/C18H20N4OS/c1-21(11-8-17-20-9-12-24-17)16-3-2-10-22(18(16)23)15-6-4-14(13-19)5-7-15/h4-7,9,12,16H,2-3,8,10-11H2,1H3/t16-/m0/s1. The van der Waals surface area contributed by atoms with Gasteiger partial charge in [-0.25, -0.2) is 4.98 Å². The Bertz CT molecular complexity index is 720. The zero-order valence-corrected chi connectivity index (χ0v) is 14.5. The molecule has 0 unspecified atom stereocenters. The second-order valence-electron chi connectivity index (χ2n) is 5.96. The third kappa shape index (κ3) is 3.64. The third-order valence-corrected chi connectivity index (χ3v) is 5.25. The van der Waals surface area contributed by atoms with Crippen molar-refractivity contribution in [2.24, 2.45) is 0 Å². The van der Waals surface area contributed by atoms with Gasteiger partial charge in [0.2, 0.25) is 5.91 Å². The van der Waals surface area contributed by atoms with Gasteiger partial charge in [-0.2, -0.15) is 5.26 Å². The molecule has 1 aromatic heterocycles. The molecule has 0 spiro atoms. The van der Waals surface area contributed by atoms with Crippen LogP contribution in [0.5, 0.6) is 0 Å². The summed E-state index contributed by atoms with van der Waals surface area (Å²) in [6, 6.07) is 9.26. The molecule has 1 aliphatic heterocycles. The molecule has 5 nitrogen and oxygen atoms in total. The lowest BCUT2D eigenvalue weighted by molar-refractivity contribution is -0.124. The maximum absolute atomic E-state index is 12.9. The molecular weight excluding hydrogens is 320 g/mol. The summed E-state index contributed by atoms with van der Waals surface area (Å²) in [6.07, 6.45) is 4.56. The highest BCUT2D eigenvalue weighted by atomic mass is 32.1. The molecule has 3 rings (SSSR count). The Morgan fingerprint density at radius 2 is 2.21 bits per heavy atom. The molecule has 2 heterocycles. The molecule has 1 fully saturated rings. The lowest BCUT2D eigenvalue weighted by atomic mass is 10.0. The molecule has 1 aromatic carbocycles. The number of hydrogen-bond donors (Lipinski definition) is 0. The summed E-state index contributed by atoms with van der Waals surface area (Å²) >= 11 is 1.65. The van der Waals surface area contributed by atoms with Gasteiger partial charge in [0.05, 0.1) is 22.7 Å². The first-order chi connectivity index (χ1) is 11.7. The van der Waals surface area contributed by atoms with Crippen molar-refractivity contribution < 1.29 is 4.79 Å². The molecule has 0 radical (unpaired) electrons. The highest BCUT2D eigenvalue weighted by molar-refractivity contribution is 7.09. The van der Waals surface area contributed by atoms with Crippen LogP contribution in [0.3, 0.4) is 0 Å². The minimum absolute atomic E-state index is 0.0886. The van der Waals surface area contributed by atoms with Crippen LogP contribution in [0, 0.1) is 11.3 Å². The number of hydrogen-bond acceptors (Lipinski definition) is 5. The number of piperidine rings is 1. The van der Waals surface area contributed by atoms with Crippen molar-refractivity contribution in [3.05, 3.63) is 46.4 Å². The number of nitriles is 1. The van der Waals surface area contributed by atoms with Crippen LogP contribution in [-0.4, -0.2) is 42.0 Å². The van der Waals surface area contributed by atoms with Crippen LogP contribution in [0.15, 0.2) is 35.8 Å². The van der Waals surface area contributed by atoms with E-state index in [1.54, 1.807) is 23.5 Å². The van der Waals surface area contributed by atoms with Gasteiger partial charge >= 0.3 is 0 Å². The van der Waals surface area contributed by atoms with E-state index in [-0.39, 0.29) is 11.9 Å². The second-order valence-corrected chi connectivity index (χ2v) is 6.94. The van der Waals surface area contributed by atoms with E-state index < -0.39 is 0 Å². The average Bonchev–Trinajstić information content (AvgIpc) is 3.13. The van der Waals surface area contributed by atoms with Crippen LogP contribution in [0.1, 0.15) is 23.4 Å². The smallest absolute Gasteiger partial charge is 0.244 e. The van der Waals surface area contributed by atoms with Gasteiger partial charge in [-0.3, -0.25) is 9.69 Å². The number of thiazole rings is 1. The van der Waals surface area contributed by atoms with Gasteiger partial charge in [0.25, 0.3) is 0 Å². The van der Waals surface area contributed by atoms with E-state index in [0.29, 0.717) is 5.56 Å². The molecule has 1 saturated heterocycles. The van der Waals surface area contributed by atoms with Gasteiger partial charge in [-0.05, 0) is 44.2 Å². The van der Waals surface area contributed by atoms with E-state index in [9.17, 15) is 4.79 Å². The predicted molar refractivity (Wildman–Crippen MR) is 95.0 cm³/mol. The quantitative estimate of drug-likeness (QED) is 0.840. The zero-order chi connectivity index (χ0) is 16.9. The van der Waals surface area contributed by atoms with Crippen molar-refractivity contribution in [1.29, 1.82) is 5.26 Å². The third-order valence-electron chi connectivity index (χ3n) is 4.41. The Balaban J connectivity index is 1.66. The fourth-order valence-corrected chi connectivity index (χ4v) is 3.65. The Labute approximate surface area is 146 Å². The molecule has 1 aliphatic rings. The summed E-state index contributed by atoms with van der Waals surface area (Å²) in [5, 5.41) is 12.0. The van der Waals surface area contributed by atoms with E-state index in [1.807, 2.05) is 35.7 Å². The van der Waals surface area contributed by atoms with E-state index in [4.69, 9.17) is 5.26 Å². The topological polar surface area (TPSA) is 60.2 Å². The minimum Gasteiger partial charge on any atom is -0.311 e. The summed E-state index contributed by atoms with van der Waals surface area (Å²) in [5.41, 5.74) is 1.48. The summed E-state index contributed by atoms with van der Waals surface area (Å²) in [6.45, 7) is 1.56. The molecule has 2 aromatic rings. The van der Waals surface area contributed by atoms with Crippen LogP contribution >= 0.6 is 11.3 Å². The molecule has 1 amide bonds. The molecule has 6 heteroatoms. The van der Waals surface area contributed by atoms with Gasteiger partial charge in [-0.1, -0.05) is 0 Å². The molecule has 0 N–H and O–H groups in total. The Kier molecular flexibility index (Phi) is 5.24. The highest BCUT2D eigenvalue weighted by Crippen LogP contribution is 2.24. The maximum Gasteiger partial charge on any atom is 0.244 e. The van der Waals surface area contributed by atoms with Crippen molar-refractivity contribution in [2.45, 2.75) is 25.3 Å². The SMILES string of the molecule is CN(CCc1nccs1)[C@H]1CCCN(c2ccc(C#N)cc2)C1=O. The number of anilines is 1. The summed E-state index contributed by atoms with van der Waals surface area (Å²) in [4.78, 5) is 21.2. The number of carbonyl (C=O) groups is 1. The first-order valence-corrected chi connectivity index (χ1v) is 8.97. The van der Waals surface area contributed by atoms with Crippen LogP contribution in [0.25, 0.3) is 0 Å². The number of benzene rings is 1. The Morgan fingerprint density at radius 1 is 1.42 bits per heavy atom. The zero-order valence-electron chi connectivity index (χ0n) is 13.7. The summed E-state index contributed by atoms with van der Waals surface area (Å²) < 4.78 is 0. The van der Waals surface area contributed by atoms with E-state index in [1.165, 1.54) is 0 Å². The van der Waals surface area contributed by atoms with Crippen molar-refractivity contribution in [2.75, 3.05) is 25.0 Å². The number of rotatable bonds is 5. The van der Waals surface area contributed by atoms with E-state index in [0.717, 1.165) is 43.0 Å². The number of nitrogens with zero attached hydrogens (tertiary/aromatic N) is 4. The number of likely N-dealkylation sites (N-methyl/N-ethyl adjacent to an activating group) is 1. The second kappa shape index (κ2) is 7.56. The number of amides is 1. The molecule has 24 heavy (non-hydrogen) atoms. The number of carbonyl (C=O) groups excluding carboxylic acids is 1. The lowest BCUT2D eigenvalue weighted by Crippen LogP contribution is -2.51. The molecule has 1 atom stereocenters. The number of aromatic nitrogens is 1. The fraction of sp³-hybridized carbons (Fsp3) is 0.389. The van der Waals surface area contributed by atoms with E-state index in [2.05, 4.69) is 16.0 Å². The maximum atomic E-state index is 12.9. The minimum atomic E-state index is -0.0886. The van der Waals surface area contributed by atoms with Crippen molar-refractivity contribution in [3.63, 3.8) is 0 Å². The van der Waals surface area contributed by atoms with Crippen molar-refractivity contribution >= 4 is 22.9 Å². The lowest BCUT2D eigenvalue weighted by Gasteiger charge is -2.36. The summed E-state index contributed by atoms with van der Waals surface area (Å²) in [7, 11) is 2.01. The predicted octanol–water partition coefficient (Wildman–Crippen LogP) is 2.68. The monoisotopic (exact) mass is 340 g/mol. The van der Waals surface area contributed by atoms with Gasteiger partial charge in [-0.15, -0.1) is 11.3 Å². The summed E-state index contributed by atoms with van der Waals surface area (Å²) in [5.74, 6) is 0.146. The van der Waals surface area contributed by atoms with Crippen molar-refractivity contribution in [1.82, 2.24) is 9.88 Å². The van der Waals surface area contributed by atoms with E-state index >= 15 is 0 Å². The Hall–Kier alpha value is -2.23. The van der Waals surface area contributed by atoms with Gasteiger partial charge in [0.1, 0.15) is 0 Å². The van der Waals surface area contributed by atoms with Gasteiger partial charge in [0, 0.05) is 36.8 Å². The largest absolute Gasteiger partial charge is 0.311 e. The highest BCUT2D eigenvalue weighted by Gasteiger charge is 2.32. The normalized spacial score (nSPS) is 18.0. The van der Waals surface area contributed by atoms with Gasteiger partial charge in [0.15, 0.2) is 0 Å². The van der Waals surface area contributed by atoms with Crippen LogP contribution in [0.4, 0.5) is 5.69 Å². The molecular formula is C18H20N4OS. The van der Waals surface area contributed by atoms with Crippen molar-refractivity contribution in [3.8, 4) is 6.07 Å². The van der Waals surface area contributed by atoms with Crippen LogP contribution in [-0.2, 0) is 11.2 Å². The molecule has 0 aliphatic carbocycles. The molecule has 124 valence electrons.